The Morgan fingerprint density at radius 1 is 1.83 bits per heavy atom. The maximum absolute atomic E-state index is 10.1. The molecule has 0 spiro atoms. The highest BCUT2D eigenvalue weighted by Gasteiger charge is 1.99. The van der Waals surface area contributed by atoms with Gasteiger partial charge in [-0.2, -0.15) is 0 Å². The van der Waals surface area contributed by atoms with Crippen molar-refractivity contribution in [2.24, 2.45) is 0 Å². The molecule has 1 rings (SSSR count). The lowest BCUT2D eigenvalue weighted by Crippen LogP contribution is -1.84. The van der Waals surface area contributed by atoms with Gasteiger partial charge in [-0.25, -0.2) is 4.79 Å². The van der Waals surface area contributed by atoms with Gasteiger partial charge in [0.1, 0.15) is 0 Å². The molecule has 0 amide bonds. The second kappa shape index (κ2) is 3.56. The van der Waals surface area contributed by atoms with E-state index in [9.17, 15) is 4.79 Å². The molecule has 5 heteroatoms. The van der Waals surface area contributed by atoms with Gasteiger partial charge in [0.25, 0.3) is 5.88 Å². The Hall–Kier alpha value is -1.78. The smallest absolute Gasteiger partial charge is 0.328 e. The standard InChI is InChI=1S/C7H7NO4/c1-11-6-4-5(12-8-6)2-3-7(9)10/h2-4H,1H3,(H,9,10)/b3-2+. The van der Waals surface area contributed by atoms with E-state index >= 15 is 0 Å². The largest absolute Gasteiger partial charge is 0.479 e. The fourth-order valence-electron chi connectivity index (χ4n) is 0.600. The Morgan fingerprint density at radius 3 is 3.08 bits per heavy atom. The number of ether oxygens (including phenoxy) is 1. The van der Waals surface area contributed by atoms with Crippen LogP contribution < -0.4 is 4.74 Å². The number of carboxylic acids is 1. The Bertz CT molecular complexity index is 302. The van der Waals surface area contributed by atoms with Crippen molar-refractivity contribution in [2.45, 2.75) is 0 Å². The van der Waals surface area contributed by atoms with Crippen molar-refractivity contribution in [3.05, 3.63) is 17.9 Å². The first-order chi connectivity index (χ1) is 5.72. The van der Waals surface area contributed by atoms with Gasteiger partial charge in [0.05, 0.1) is 7.11 Å². The van der Waals surface area contributed by atoms with E-state index in [2.05, 4.69) is 9.68 Å². The summed E-state index contributed by atoms with van der Waals surface area (Å²) in [7, 11) is 1.45. The van der Waals surface area contributed by atoms with Gasteiger partial charge < -0.3 is 14.4 Å². The third-order valence-electron chi connectivity index (χ3n) is 1.11. The van der Waals surface area contributed by atoms with Crippen molar-refractivity contribution in [1.29, 1.82) is 0 Å². The van der Waals surface area contributed by atoms with Crippen molar-refractivity contribution in [1.82, 2.24) is 5.16 Å². The fraction of sp³-hybridized carbons (Fsp3) is 0.143. The molecule has 0 fully saturated rings. The summed E-state index contributed by atoms with van der Waals surface area (Å²) in [6, 6.07) is 1.49. The molecule has 0 aromatic carbocycles. The minimum atomic E-state index is -1.04. The summed E-state index contributed by atoms with van der Waals surface area (Å²) in [5.74, 6) is -0.375. The summed E-state index contributed by atoms with van der Waals surface area (Å²) >= 11 is 0. The van der Waals surface area contributed by atoms with Gasteiger partial charge in [0.2, 0.25) is 0 Å². The third-order valence-corrected chi connectivity index (χ3v) is 1.11. The first kappa shape index (κ1) is 8.32. The lowest BCUT2D eigenvalue weighted by atomic mass is 10.4. The number of aromatic nitrogens is 1. The number of rotatable bonds is 3. The molecule has 1 aromatic rings. The van der Waals surface area contributed by atoms with E-state index < -0.39 is 5.97 Å². The lowest BCUT2D eigenvalue weighted by molar-refractivity contribution is -0.131. The summed E-state index contributed by atoms with van der Waals surface area (Å²) in [4.78, 5) is 10.1. The van der Waals surface area contributed by atoms with Gasteiger partial charge in [0, 0.05) is 12.1 Å². The van der Waals surface area contributed by atoms with E-state index in [1.807, 2.05) is 0 Å². The topological polar surface area (TPSA) is 72.6 Å². The first-order valence-electron chi connectivity index (χ1n) is 3.14. The van der Waals surface area contributed by atoms with E-state index in [1.165, 1.54) is 19.3 Å². The predicted molar refractivity (Wildman–Crippen MR) is 39.7 cm³/mol. The summed E-state index contributed by atoms with van der Waals surface area (Å²) < 4.78 is 9.40. The van der Waals surface area contributed by atoms with E-state index in [4.69, 9.17) is 9.84 Å². The SMILES string of the molecule is COc1cc(/C=C/C(=O)O)on1. The average molecular weight is 169 g/mol. The Balaban J connectivity index is 2.70. The molecule has 1 N–H and O–H groups in total. The van der Waals surface area contributed by atoms with E-state index in [-0.39, 0.29) is 0 Å². The number of aliphatic carboxylic acids is 1. The quantitative estimate of drug-likeness (QED) is 0.677. The second-order valence-corrected chi connectivity index (χ2v) is 1.94. The molecule has 0 bridgehead atoms. The van der Waals surface area contributed by atoms with Crippen LogP contribution >= 0.6 is 0 Å². The minimum absolute atomic E-state index is 0.319. The summed E-state index contributed by atoms with van der Waals surface area (Å²) in [5, 5.41) is 11.7. The van der Waals surface area contributed by atoms with Crippen LogP contribution in [-0.4, -0.2) is 23.3 Å². The summed E-state index contributed by atoms with van der Waals surface area (Å²) in [6.45, 7) is 0. The molecular formula is C7H7NO4. The summed E-state index contributed by atoms with van der Waals surface area (Å²) in [6.07, 6.45) is 2.25. The normalized spacial score (nSPS) is 10.4. The zero-order valence-corrected chi connectivity index (χ0v) is 6.35. The highest BCUT2D eigenvalue weighted by molar-refractivity contribution is 5.84. The first-order valence-corrected chi connectivity index (χ1v) is 3.14. The molecular weight excluding hydrogens is 162 g/mol. The number of hydrogen-bond donors (Lipinski definition) is 1. The number of hydrogen-bond acceptors (Lipinski definition) is 4. The van der Waals surface area contributed by atoms with Crippen LogP contribution in [0.15, 0.2) is 16.7 Å². The monoisotopic (exact) mass is 169 g/mol. The zero-order chi connectivity index (χ0) is 8.97. The van der Waals surface area contributed by atoms with Crippen molar-refractivity contribution >= 4 is 12.0 Å². The van der Waals surface area contributed by atoms with Crippen LogP contribution in [-0.2, 0) is 4.79 Å². The zero-order valence-electron chi connectivity index (χ0n) is 6.35. The minimum Gasteiger partial charge on any atom is -0.479 e. The Labute approximate surface area is 68.2 Å². The summed E-state index contributed by atoms with van der Waals surface area (Å²) in [5.41, 5.74) is 0. The molecule has 0 aliphatic carbocycles. The fourth-order valence-corrected chi connectivity index (χ4v) is 0.600. The Morgan fingerprint density at radius 2 is 2.58 bits per heavy atom. The van der Waals surface area contributed by atoms with Gasteiger partial charge in [-0.3, -0.25) is 0 Å². The molecule has 0 atom stereocenters. The van der Waals surface area contributed by atoms with E-state index in [0.717, 1.165) is 6.08 Å². The maximum Gasteiger partial charge on any atom is 0.328 e. The van der Waals surface area contributed by atoms with Gasteiger partial charge in [-0.15, -0.1) is 0 Å². The van der Waals surface area contributed by atoms with Gasteiger partial charge in [-0.1, -0.05) is 0 Å². The number of carboxylic acid groups (broad SMARTS) is 1. The maximum atomic E-state index is 10.1. The Kier molecular flexibility index (Phi) is 2.47. The highest BCUT2D eigenvalue weighted by Crippen LogP contribution is 2.11. The number of nitrogens with zero attached hydrogens (tertiary/aromatic N) is 1. The van der Waals surface area contributed by atoms with Gasteiger partial charge in [0.15, 0.2) is 5.76 Å². The third kappa shape index (κ3) is 2.12. The number of carbonyl (C=O) groups is 1. The molecule has 12 heavy (non-hydrogen) atoms. The van der Waals surface area contributed by atoms with Gasteiger partial charge in [-0.05, 0) is 11.2 Å². The van der Waals surface area contributed by atoms with Crippen LogP contribution in [0.25, 0.3) is 6.08 Å². The molecule has 0 aliphatic rings. The number of methoxy groups -OCH3 is 1. The van der Waals surface area contributed by atoms with Crippen molar-refractivity contribution in [3.8, 4) is 5.88 Å². The molecule has 0 saturated carbocycles. The molecule has 1 aromatic heterocycles. The molecule has 64 valence electrons. The molecule has 0 aliphatic heterocycles. The van der Waals surface area contributed by atoms with Gasteiger partial charge >= 0.3 is 5.97 Å². The van der Waals surface area contributed by atoms with Crippen molar-refractivity contribution in [3.63, 3.8) is 0 Å². The van der Waals surface area contributed by atoms with E-state index in [1.54, 1.807) is 0 Å². The second-order valence-electron chi connectivity index (χ2n) is 1.94. The van der Waals surface area contributed by atoms with Crippen molar-refractivity contribution in [2.75, 3.05) is 7.11 Å². The highest BCUT2D eigenvalue weighted by atomic mass is 16.5. The van der Waals surface area contributed by atoms with Crippen LogP contribution in [0, 0.1) is 0 Å². The average Bonchev–Trinajstić information content (AvgIpc) is 2.48. The lowest BCUT2D eigenvalue weighted by Gasteiger charge is -1.83. The molecule has 0 radical (unpaired) electrons. The molecule has 5 nitrogen and oxygen atoms in total. The van der Waals surface area contributed by atoms with Crippen LogP contribution in [0.3, 0.4) is 0 Å². The van der Waals surface area contributed by atoms with Crippen molar-refractivity contribution < 1.29 is 19.2 Å². The molecule has 1 heterocycles. The van der Waals surface area contributed by atoms with Crippen LogP contribution in [0.4, 0.5) is 0 Å². The molecule has 0 unspecified atom stereocenters. The van der Waals surface area contributed by atoms with Crippen LogP contribution in [0.5, 0.6) is 5.88 Å². The van der Waals surface area contributed by atoms with Crippen LogP contribution in [0.1, 0.15) is 5.76 Å². The van der Waals surface area contributed by atoms with E-state index in [0.29, 0.717) is 11.6 Å². The predicted octanol–water partition coefficient (Wildman–Crippen LogP) is 0.781. The molecule has 0 saturated heterocycles. The van der Waals surface area contributed by atoms with Crippen LogP contribution in [0.2, 0.25) is 0 Å².